The molecule has 1 aliphatic heterocycles. The topological polar surface area (TPSA) is 67.3 Å². The lowest BCUT2D eigenvalue weighted by molar-refractivity contribution is 0.506. The van der Waals surface area contributed by atoms with Gasteiger partial charge in [0.05, 0.1) is 15.8 Å². The summed E-state index contributed by atoms with van der Waals surface area (Å²) in [7, 11) is 0. The Morgan fingerprint density at radius 2 is 1.46 bits per heavy atom. The molecule has 5 rings (SSSR count). The Morgan fingerprint density at radius 1 is 0.786 bits per heavy atom. The molecule has 0 radical (unpaired) electrons. The molecule has 28 heavy (non-hydrogen) atoms. The minimum atomic E-state index is -0.591. The largest absolute Gasteiger partial charge is 0.506 e. The number of aromatic nitrogens is 1. The van der Waals surface area contributed by atoms with Crippen LogP contribution in [0.3, 0.4) is 0 Å². The van der Waals surface area contributed by atoms with Gasteiger partial charge in [-0.05, 0) is 17.5 Å². The molecule has 0 unspecified atom stereocenters. The number of aliphatic hydroxyl groups is 1. The molecule has 2 aliphatic rings. The van der Waals surface area contributed by atoms with E-state index in [9.17, 15) is 14.7 Å². The number of hydrogen-bond donors (Lipinski definition) is 1. The van der Waals surface area contributed by atoms with Gasteiger partial charge in [0.2, 0.25) is 0 Å². The second-order valence-electron chi connectivity index (χ2n) is 6.57. The van der Waals surface area contributed by atoms with Gasteiger partial charge in [-0.25, -0.2) is 4.98 Å². The van der Waals surface area contributed by atoms with Crippen LogP contribution in [0, 0.1) is 10.4 Å². The summed E-state index contributed by atoms with van der Waals surface area (Å²) in [6.07, 6.45) is 0. The van der Waals surface area contributed by atoms with Crippen molar-refractivity contribution in [1.29, 1.82) is 0 Å². The summed E-state index contributed by atoms with van der Waals surface area (Å²) in [4.78, 5) is 30.1. The Morgan fingerprint density at radius 3 is 2.21 bits per heavy atom. The van der Waals surface area contributed by atoms with E-state index in [-0.39, 0.29) is 26.9 Å². The number of nitrogens with zero attached hydrogens (tertiary/aromatic N) is 1. The molecule has 0 saturated heterocycles. The molecule has 0 fully saturated rings. The molecule has 4 nitrogen and oxygen atoms in total. The molecule has 0 amide bonds. The van der Waals surface area contributed by atoms with Crippen molar-refractivity contribution >= 4 is 39.0 Å². The van der Waals surface area contributed by atoms with Gasteiger partial charge in [0.25, 0.3) is 5.56 Å². The van der Waals surface area contributed by atoms with Crippen LogP contribution in [0.2, 0.25) is 5.02 Å². The molecular weight excluding hydrogens is 374 g/mol. The van der Waals surface area contributed by atoms with Crippen LogP contribution in [0.5, 0.6) is 0 Å². The van der Waals surface area contributed by atoms with Gasteiger partial charge in [-0.15, -0.1) is 0 Å². The van der Waals surface area contributed by atoms with Crippen LogP contribution >= 0.6 is 11.6 Å². The molecule has 5 heteroatoms. The second-order valence-corrected chi connectivity index (χ2v) is 6.98. The van der Waals surface area contributed by atoms with E-state index in [1.807, 2.05) is 6.07 Å². The first-order chi connectivity index (χ1) is 13.6. The summed E-state index contributed by atoms with van der Waals surface area (Å²) in [5.74, 6) is -0.176. The van der Waals surface area contributed by atoms with E-state index in [0.717, 1.165) is 0 Å². The summed E-state index contributed by atoms with van der Waals surface area (Å²) >= 11 is 6.30. The molecule has 0 atom stereocenters. The maximum atomic E-state index is 13.0. The predicted molar refractivity (Wildman–Crippen MR) is 110 cm³/mol. The zero-order valence-corrected chi connectivity index (χ0v) is 15.2. The van der Waals surface area contributed by atoms with Crippen LogP contribution < -0.4 is 16.2 Å². The average molecular weight is 386 g/mol. The number of halogens is 1. The van der Waals surface area contributed by atoms with E-state index in [1.165, 1.54) is 0 Å². The first kappa shape index (κ1) is 16.7. The van der Waals surface area contributed by atoms with E-state index in [1.54, 1.807) is 60.7 Å². The van der Waals surface area contributed by atoms with Crippen LogP contribution in [0.4, 0.5) is 0 Å². The molecule has 0 saturated carbocycles. The zero-order chi connectivity index (χ0) is 19.4. The highest BCUT2D eigenvalue weighted by Gasteiger charge is 2.16. The smallest absolute Gasteiger partial charge is 0.282 e. The van der Waals surface area contributed by atoms with Gasteiger partial charge in [-0.3, -0.25) is 9.59 Å². The number of hydrogen-bond acceptors (Lipinski definition) is 4. The highest BCUT2D eigenvalue weighted by Crippen LogP contribution is 2.23. The van der Waals surface area contributed by atoms with Gasteiger partial charge in [-0.1, -0.05) is 66.2 Å². The molecule has 134 valence electrons. The van der Waals surface area contributed by atoms with Crippen LogP contribution in [-0.2, 0) is 0 Å². The highest BCUT2D eigenvalue weighted by molar-refractivity contribution is 6.34. The molecule has 0 spiro atoms. The van der Waals surface area contributed by atoms with Gasteiger partial charge in [-0.2, -0.15) is 0 Å². The number of rotatable bonds is 1. The van der Waals surface area contributed by atoms with Gasteiger partial charge in [0.1, 0.15) is 5.76 Å². The van der Waals surface area contributed by atoms with Crippen LogP contribution in [0.25, 0.3) is 27.4 Å². The third kappa shape index (κ3) is 2.22. The Balaban J connectivity index is 2.27. The Kier molecular flexibility index (Phi) is 3.57. The Labute approximate surface area is 163 Å². The van der Waals surface area contributed by atoms with E-state index in [4.69, 9.17) is 11.6 Å². The van der Waals surface area contributed by atoms with Crippen molar-refractivity contribution in [2.75, 3.05) is 0 Å². The lowest BCUT2D eigenvalue weighted by Crippen LogP contribution is -2.33. The number of benzene rings is 3. The van der Waals surface area contributed by atoms with Gasteiger partial charge in [0.15, 0.2) is 5.43 Å². The average Bonchev–Trinajstić information content (AvgIpc) is 2.73. The summed E-state index contributed by atoms with van der Waals surface area (Å²) in [6.45, 7) is 0. The standard InChI is InChI=1S/C23H12ClNO3/c24-16-11-10-15-18-17(13-8-4-5-9-14(13)22(15)27)19(23(28)25-20(16)18)21(26)12-6-2-1-3-7-12/h1-11,26H/b21-19+. The minimum absolute atomic E-state index is 0.0715. The van der Waals surface area contributed by atoms with Crippen molar-refractivity contribution in [1.82, 2.24) is 4.98 Å². The first-order valence-electron chi connectivity index (χ1n) is 8.67. The van der Waals surface area contributed by atoms with E-state index in [0.29, 0.717) is 32.2 Å². The summed E-state index contributed by atoms with van der Waals surface area (Å²) in [6, 6.07) is 19.1. The fourth-order valence-electron chi connectivity index (χ4n) is 3.78. The van der Waals surface area contributed by atoms with Crippen LogP contribution in [0.1, 0.15) is 5.56 Å². The summed E-state index contributed by atoms with van der Waals surface area (Å²) in [5, 5.41) is 13.8. The minimum Gasteiger partial charge on any atom is -0.506 e. The molecule has 1 N–H and O–H groups in total. The molecule has 0 bridgehead atoms. The Bertz CT molecular complexity index is 1610. The third-order valence-electron chi connectivity index (χ3n) is 5.03. The van der Waals surface area contributed by atoms with E-state index in [2.05, 4.69) is 4.98 Å². The van der Waals surface area contributed by atoms with Crippen LogP contribution in [0.15, 0.2) is 76.3 Å². The zero-order valence-electron chi connectivity index (χ0n) is 14.4. The van der Waals surface area contributed by atoms with Crippen molar-refractivity contribution in [3.8, 4) is 0 Å². The van der Waals surface area contributed by atoms with Gasteiger partial charge < -0.3 is 5.11 Å². The van der Waals surface area contributed by atoms with Crippen molar-refractivity contribution in [2.45, 2.75) is 0 Å². The number of fused-ring (bicyclic) bond motifs is 2. The lowest BCUT2D eigenvalue weighted by Gasteiger charge is -2.08. The third-order valence-corrected chi connectivity index (χ3v) is 5.33. The maximum Gasteiger partial charge on any atom is 0.282 e. The molecule has 1 heterocycles. The molecule has 1 aliphatic carbocycles. The van der Waals surface area contributed by atoms with Gasteiger partial charge in [0, 0.05) is 26.8 Å². The SMILES string of the molecule is O=c1nc2c(Cl)ccc3c2=c(/c1=C(\O)c1ccccc1)c1ccccc1c3=O. The summed E-state index contributed by atoms with van der Waals surface area (Å²) in [5.41, 5.74) is 0.0176. The van der Waals surface area contributed by atoms with Crippen molar-refractivity contribution in [3.63, 3.8) is 0 Å². The van der Waals surface area contributed by atoms with E-state index < -0.39 is 5.56 Å². The van der Waals surface area contributed by atoms with E-state index >= 15 is 0 Å². The molecule has 0 aromatic heterocycles. The predicted octanol–water partition coefficient (Wildman–Crippen LogP) is 3.36. The second kappa shape index (κ2) is 6.01. The highest BCUT2D eigenvalue weighted by atomic mass is 35.5. The Hall–Kier alpha value is -3.50. The fourth-order valence-corrected chi connectivity index (χ4v) is 3.98. The first-order valence-corrected chi connectivity index (χ1v) is 9.04. The maximum absolute atomic E-state index is 13.0. The molecule has 3 aromatic carbocycles. The lowest BCUT2D eigenvalue weighted by atomic mass is 9.97. The van der Waals surface area contributed by atoms with Crippen molar-refractivity contribution in [3.05, 3.63) is 114 Å². The molecular formula is C23H12ClNO3. The fraction of sp³-hybridized carbons (Fsp3) is 0. The van der Waals surface area contributed by atoms with Crippen LogP contribution in [-0.4, -0.2) is 10.1 Å². The molecule has 3 aromatic rings. The number of aliphatic hydroxyl groups excluding tert-OH is 1. The van der Waals surface area contributed by atoms with Gasteiger partial charge >= 0.3 is 0 Å². The monoisotopic (exact) mass is 385 g/mol. The van der Waals surface area contributed by atoms with Crippen molar-refractivity contribution < 1.29 is 5.11 Å². The van der Waals surface area contributed by atoms with Crippen molar-refractivity contribution in [2.24, 2.45) is 0 Å². The summed E-state index contributed by atoms with van der Waals surface area (Å²) < 4.78 is 0. The normalized spacial score (nSPS) is 12.8. The quantitative estimate of drug-likeness (QED) is 0.480.